The summed E-state index contributed by atoms with van der Waals surface area (Å²) >= 11 is 5.00. The van der Waals surface area contributed by atoms with E-state index in [9.17, 15) is 8.78 Å². The van der Waals surface area contributed by atoms with Gasteiger partial charge >= 0.3 is 0 Å². The second-order valence-corrected chi connectivity index (χ2v) is 6.95. The van der Waals surface area contributed by atoms with Crippen LogP contribution >= 0.6 is 27.3 Å². The van der Waals surface area contributed by atoms with Gasteiger partial charge in [0.1, 0.15) is 11.6 Å². The molecule has 1 unspecified atom stereocenters. The van der Waals surface area contributed by atoms with E-state index in [0.717, 1.165) is 22.3 Å². The van der Waals surface area contributed by atoms with Crippen LogP contribution in [0.25, 0.3) is 0 Å². The Kier molecular flexibility index (Phi) is 5.90. The highest BCUT2D eigenvalue weighted by atomic mass is 79.9. The van der Waals surface area contributed by atoms with Crippen molar-refractivity contribution in [3.63, 3.8) is 0 Å². The molecule has 0 aliphatic carbocycles. The van der Waals surface area contributed by atoms with E-state index >= 15 is 0 Å². The predicted octanol–water partition coefficient (Wildman–Crippen LogP) is 5.38. The lowest BCUT2D eigenvalue weighted by molar-refractivity contribution is 0.463. The molecule has 0 amide bonds. The fourth-order valence-electron chi connectivity index (χ4n) is 2.25. The Morgan fingerprint density at radius 1 is 1.33 bits per heavy atom. The van der Waals surface area contributed by atoms with Crippen molar-refractivity contribution in [2.45, 2.75) is 32.7 Å². The molecule has 0 bridgehead atoms. The minimum Gasteiger partial charge on any atom is -0.309 e. The molecule has 2 rings (SSSR count). The molecule has 1 nitrogen and oxygen atoms in total. The van der Waals surface area contributed by atoms with Crippen molar-refractivity contribution < 1.29 is 8.78 Å². The Balaban J connectivity index is 2.33. The maximum absolute atomic E-state index is 14.4. The molecule has 21 heavy (non-hydrogen) atoms. The molecule has 0 saturated heterocycles. The lowest BCUT2D eigenvalue weighted by Crippen LogP contribution is -2.26. The van der Waals surface area contributed by atoms with Crippen LogP contribution in [0.1, 0.15) is 35.4 Å². The van der Waals surface area contributed by atoms with Gasteiger partial charge in [0.05, 0.1) is 0 Å². The van der Waals surface area contributed by atoms with Gasteiger partial charge in [-0.15, -0.1) is 11.3 Å². The van der Waals surface area contributed by atoms with Crippen LogP contribution in [0.15, 0.2) is 28.1 Å². The zero-order valence-electron chi connectivity index (χ0n) is 12.1. The topological polar surface area (TPSA) is 12.0 Å². The maximum atomic E-state index is 14.4. The summed E-state index contributed by atoms with van der Waals surface area (Å²) in [4.78, 5) is 1.09. The van der Waals surface area contributed by atoms with Crippen molar-refractivity contribution in [1.82, 2.24) is 5.32 Å². The van der Waals surface area contributed by atoms with Gasteiger partial charge in [-0.2, -0.15) is 0 Å². The molecule has 0 radical (unpaired) electrons. The summed E-state index contributed by atoms with van der Waals surface area (Å²) < 4.78 is 29.5. The third-order valence-corrected chi connectivity index (χ3v) is 5.06. The summed E-state index contributed by atoms with van der Waals surface area (Å²) in [5.74, 6) is -0.929. The van der Waals surface area contributed by atoms with Gasteiger partial charge in [0.25, 0.3) is 0 Å². The minimum atomic E-state index is -0.484. The molecule has 0 fully saturated rings. The van der Waals surface area contributed by atoms with Crippen LogP contribution in [0.5, 0.6) is 0 Å². The molecule has 0 aliphatic heterocycles. The number of hydrogen-bond donors (Lipinski definition) is 1. The second kappa shape index (κ2) is 7.47. The Morgan fingerprint density at radius 3 is 2.71 bits per heavy atom. The molecular weight excluding hydrogens is 356 g/mol. The summed E-state index contributed by atoms with van der Waals surface area (Å²) in [7, 11) is 0. The molecule has 2 aromatic rings. The quantitative estimate of drug-likeness (QED) is 0.716. The first kappa shape index (κ1) is 16.6. The lowest BCUT2D eigenvalue weighted by Gasteiger charge is -2.20. The molecule has 0 saturated carbocycles. The second-order valence-electron chi connectivity index (χ2n) is 5.03. The highest BCUT2D eigenvalue weighted by molar-refractivity contribution is 9.10. The summed E-state index contributed by atoms with van der Waals surface area (Å²) in [6.07, 6.45) is 1.49. The average Bonchev–Trinajstić information content (AvgIpc) is 2.86. The Labute approximate surface area is 136 Å². The van der Waals surface area contributed by atoms with Gasteiger partial charge in [0, 0.05) is 32.8 Å². The number of nitrogens with one attached hydrogen (secondary N) is 1. The lowest BCUT2D eigenvalue weighted by atomic mass is 9.99. The van der Waals surface area contributed by atoms with Crippen LogP contribution < -0.4 is 5.32 Å². The Hall–Kier alpha value is -0.780. The van der Waals surface area contributed by atoms with E-state index in [1.807, 2.05) is 18.4 Å². The van der Waals surface area contributed by atoms with E-state index in [1.54, 1.807) is 18.3 Å². The van der Waals surface area contributed by atoms with Gasteiger partial charge in [0.15, 0.2) is 0 Å². The Bertz CT molecular complexity index is 612. The molecular formula is C16H18BrF2NS. The molecule has 1 aromatic carbocycles. The van der Waals surface area contributed by atoms with Crippen molar-refractivity contribution in [3.05, 3.63) is 55.7 Å². The monoisotopic (exact) mass is 373 g/mol. The van der Waals surface area contributed by atoms with E-state index in [4.69, 9.17) is 0 Å². The van der Waals surface area contributed by atoms with Crippen molar-refractivity contribution in [2.75, 3.05) is 6.54 Å². The van der Waals surface area contributed by atoms with Gasteiger partial charge in [-0.1, -0.05) is 13.0 Å². The SMILES string of the molecule is CCCNC(Cc1cc(Br)cs1)c1c(F)ccc(C)c1F. The van der Waals surface area contributed by atoms with Crippen LogP contribution in [0.3, 0.4) is 0 Å². The summed E-state index contributed by atoms with van der Waals surface area (Å²) in [5, 5.41) is 5.25. The fourth-order valence-corrected chi connectivity index (χ4v) is 3.75. The molecule has 1 aromatic heterocycles. The van der Waals surface area contributed by atoms with E-state index in [1.165, 1.54) is 12.1 Å². The minimum absolute atomic E-state index is 0.146. The molecule has 114 valence electrons. The number of hydrogen-bond acceptors (Lipinski definition) is 2. The van der Waals surface area contributed by atoms with Gasteiger partial charge < -0.3 is 5.32 Å². The summed E-state index contributed by atoms with van der Waals surface area (Å²) in [5.41, 5.74) is 0.620. The van der Waals surface area contributed by atoms with Crippen LogP contribution in [-0.2, 0) is 6.42 Å². The van der Waals surface area contributed by atoms with Crippen molar-refractivity contribution in [3.8, 4) is 0 Å². The first-order valence-electron chi connectivity index (χ1n) is 6.93. The van der Waals surface area contributed by atoms with Crippen LogP contribution in [0.2, 0.25) is 0 Å². The van der Waals surface area contributed by atoms with Crippen LogP contribution in [0.4, 0.5) is 8.78 Å². The molecule has 0 aliphatic rings. The number of thiophene rings is 1. The third-order valence-electron chi connectivity index (χ3n) is 3.34. The van der Waals surface area contributed by atoms with Gasteiger partial charge in [0.2, 0.25) is 0 Å². The van der Waals surface area contributed by atoms with Gasteiger partial charge in [-0.25, -0.2) is 8.78 Å². The van der Waals surface area contributed by atoms with E-state index in [2.05, 4.69) is 21.2 Å². The van der Waals surface area contributed by atoms with Crippen molar-refractivity contribution >= 4 is 27.3 Å². The van der Waals surface area contributed by atoms with Gasteiger partial charge in [-0.3, -0.25) is 0 Å². The van der Waals surface area contributed by atoms with Gasteiger partial charge in [-0.05, 0) is 53.5 Å². The maximum Gasteiger partial charge on any atom is 0.133 e. The molecule has 1 atom stereocenters. The normalized spacial score (nSPS) is 12.6. The molecule has 1 heterocycles. The van der Waals surface area contributed by atoms with E-state index in [0.29, 0.717) is 12.0 Å². The van der Waals surface area contributed by atoms with Crippen molar-refractivity contribution in [2.24, 2.45) is 0 Å². The summed E-state index contributed by atoms with van der Waals surface area (Å²) in [6.45, 7) is 4.43. The molecule has 1 N–H and O–H groups in total. The number of rotatable bonds is 6. The van der Waals surface area contributed by atoms with Crippen LogP contribution in [-0.4, -0.2) is 6.54 Å². The molecule has 5 heteroatoms. The van der Waals surface area contributed by atoms with Crippen molar-refractivity contribution in [1.29, 1.82) is 0 Å². The summed E-state index contributed by atoms with van der Waals surface area (Å²) in [6, 6.07) is 4.47. The fraction of sp³-hybridized carbons (Fsp3) is 0.375. The average molecular weight is 374 g/mol. The number of halogens is 3. The van der Waals surface area contributed by atoms with E-state index < -0.39 is 11.6 Å². The molecule has 0 spiro atoms. The Morgan fingerprint density at radius 2 is 2.10 bits per heavy atom. The first-order chi connectivity index (χ1) is 10.0. The standard InChI is InChI=1S/C16H18BrF2NS/c1-3-6-20-14(8-12-7-11(17)9-21-12)15-13(18)5-4-10(2)16(15)19/h4-5,7,9,14,20H,3,6,8H2,1-2H3. The smallest absolute Gasteiger partial charge is 0.133 e. The number of benzene rings is 1. The zero-order chi connectivity index (χ0) is 15.4. The van der Waals surface area contributed by atoms with E-state index in [-0.39, 0.29) is 11.6 Å². The predicted molar refractivity (Wildman–Crippen MR) is 87.9 cm³/mol. The largest absolute Gasteiger partial charge is 0.309 e. The number of aryl methyl sites for hydroxylation is 1. The highest BCUT2D eigenvalue weighted by Gasteiger charge is 2.22. The third kappa shape index (κ3) is 4.11. The zero-order valence-corrected chi connectivity index (χ0v) is 14.5. The highest BCUT2D eigenvalue weighted by Crippen LogP contribution is 2.29. The van der Waals surface area contributed by atoms with Crippen LogP contribution in [0, 0.1) is 18.6 Å². The first-order valence-corrected chi connectivity index (χ1v) is 8.61.